The van der Waals surface area contributed by atoms with Crippen LogP contribution in [0.5, 0.6) is 0 Å². The molecular weight excluding hydrogens is 424 g/mol. The Morgan fingerprint density at radius 1 is 0.697 bits per heavy atom. The summed E-state index contributed by atoms with van der Waals surface area (Å²) in [5, 5.41) is 16.4. The number of carbonyl (C=O) groups is 4. The van der Waals surface area contributed by atoms with Gasteiger partial charge < -0.3 is 26.8 Å². The van der Waals surface area contributed by atoms with E-state index in [9.17, 15) is 19.2 Å². The first-order chi connectivity index (χ1) is 15.9. The molecule has 3 amide bonds. The van der Waals surface area contributed by atoms with Gasteiger partial charge in [0.1, 0.15) is 6.04 Å². The molecule has 9 heteroatoms. The van der Waals surface area contributed by atoms with Crippen LogP contribution in [-0.2, 0) is 19.2 Å². The summed E-state index contributed by atoms with van der Waals surface area (Å²) in [6.45, 7) is 2.14. The molecule has 0 fully saturated rings. The summed E-state index contributed by atoms with van der Waals surface area (Å²) in [4.78, 5) is 46.7. The quantitative estimate of drug-likeness (QED) is 0.153. The molecule has 0 radical (unpaired) electrons. The van der Waals surface area contributed by atoms with Gasteiger partial charge in [0, 0.05) is 6.42 Å². The molecule has 0 aromatic rings. The van der Waals surface area contributed by atoms with Crippen molar-refractivity contribution in [2.24, 2.45) is 5.73 Å². The predicted octanol–water partition coefficient (Wildman–Crippen LogP) is 2.62. The number of nitrogens with two attached hydrogens (primary N) is 1. The fourth-order valence-electron chi connectivity index (χ4n) is 3.45. The average Bonchev–Trinajstić information content (AvgIpc) is 2.79. The van der Waals surface area contributed by atoms with E-state index in [1.165, 1.54) is 51.4 Å². The maximum atomic E-state index is 11.9. The van der Waals surface area contributed by atoms with E-state index in [1.807, 2.05) is 0 Å². The van der Waals surface area contributed by atoms with Crippen molar-refractivity contribution < 1.29 is 24.3 Å². The molecule has 0 unspecified atom stereocenters. The second kappa shape index (κ2) is 21.7. The highest BCUT2D eigenvalue weighted by atomic mass is 16.4. The van der Waals surface area contributed by atoms with Gasteiger partial charge in [0.2, 0.25) is 17.7 Å². The molecule has 0 rings (SSSR count). The molecule has 0 aromatic carbocycles. The summed E-state index contributed by atoms with van der Waals surface area (Å²) < 4.78 is 0. The summed E-state index contributed by atoms with van der Waals surface area (Å²) in [6.07, 6.45) is 15.2. The molecule has 1 atom stereocenters. The number of rotatable bonds is 22. The number of unbranched alkanes of at least 4 members (excludes halogenated alkanes) is 11. The van der Waals surface area contributed by atoms with Gasteiger partial charge in [0.25, 0.3) is 0 Å². The van der Waals surface area contributed by atoms with Gasteiger partial charge in [-0.05, 0) is 32.2 Å². The predicted molar refractivity (Wildman–Crippen MR) is 130 cm³/mol. The lowest BCUT2D eigenvalue weighted by Crippen LogP contribution is -2.47. The van der Waals surface area contributed by atoms with Crippen LogP contribution in [0.1, 0.15) is 103 Å². The van der Waals surface area contributed by atoms with Crippen molar-refractivity contribution >= 4 is 23.7 Å². The van der Waals surface area contributed by atoms with Crippen molar-refractivity contribution in [3.8, 4) is 0 Å². The molecule has 0 heterocycles. The van der Waals surface area contributed by atoms with Crippen LogP contribution in [0.4, 0.5) is 0 Å². The Morgan fingerprint density at radius 3 is 1.76 bits per heavy atom. The van der Waals surface area contributed by atoms with Crippen molar-refractivity contribution in [1.82, 2.24) is 16.0 Å². The minimum atomic E-state index is -1.12. The van der Waals surface area contributed by atoms with Crippen molar-refractivity contribution in [1.29, 1.82) is 0 Å². The van der Waals surface area contributed by atoms with Gasteiger partial charge in [0.15, 0.2) is 0 Å². The van der Waals surface area contributed by atoms with Crippen LogP contribution in [0.2, 0.25) is 0 Å². The number of aliphatic carboxylic acids is 1. The van der Waals surface area contributed by atoms with E-state index in [0.29, 0.717) is 25.8 Å². The maximum Gasteiger partial charge on any atom is 0.326 e. The van der Waals surface area contributed by atoms with Gasteiger partial charge in [-0.1, -0.05) is 71.1 Å². The Hall–Kier alpha value is -2.16. The minimum absolute atomic E-state index is 0.184. The summed E-state index contributed by atoms with van der Waals surface area (Å²) in [7, 11) is 0. The fourth-order valence-corrected chi connectivity index (χ4v) is 3.45. The van der Waals surface area contributed by atoms with Crippen LogP contribution in [0, 0.1) is 0 Å². The zero-order valence-electron chi connectivity index (χ0n) is 20.5. The average molecular weight is 471 g/mol. The lowest BCUT2D eigenvalue weighted by atomic mass is 10.1. The molecule has 192 valence electrons. The zero-order valence-corrected chi connectivity index (χ0v) is 20.5. The van der Waals surface area contributed by atoms with E-state index < -0.39 is 23.8 Å². The third-order valence-corrected chi connectivity index (χ3v) is 5.48. The zero-order chi connectivity index (χ0) is 24.7. The van der Waals surface area contributed by atoms with Gasteiger partial charge in [-0.15, -0.1) is 0 Å². The summed E-state index contributed by atoms with van der Waals surface area (Å²) in [5.41, 5.74) is 5.38. The number of hydrogen-bond donors (Lipinski definition) is 5. The normalized spacial score (nSPS) is 11.6. The smallest absolute Gasteiger partial charge is 0.326 e. The number of carboxylic acid groups (broad SMARTS) is 1. The monoisotopic (exact) mass is 470 g/mol. The SMILES string of the molecule is CCCCCCCCCCCCCC(=O)NCC(=O)NCC(=O)N[C@@H](CCCCN)C(=O)O. The van der Waals surface area contributed by atoms with Gasteiger partial charge >= 0.3 is 5.97 Å². The van der Waals surface area contributed by atoms with E-state index in [4.69, 9.17) is 10.8 Å². The van der Waals surface area contributed by atoms with Crippen LogP contribution in [0.15, 0.2) is 0 Å². The highest BCUT2D eigenvalue weighted by Gasteiger charge is 2.19. The van der Waals surface area contributed by atoms with Gasteiger partial charge in [-0.2, -0.15) is 0 Å². The number of hydrogen-bond acceptors (Lipinski definition) is 5. The number of carboxylic acids is 1. The first-order valence-electron chi connectivity index (χ1n) is 12.7. The van der Waals surface area contributed by atoms with E-state index in [-0.39, 0.29) is 25.4 Å². The van der Waals surface area contributed by atoms with Crippen molar-refractivity contribution in [3.63, 3.8) is 0 Å². The molecule has 0 spiro atoms. The number of nitrogens with one attached hydrogen (secondary N) is 3. The van der Waals surface area contributed by atoms with E-state index in [0.717, 1.165) is 19.3 Å². The maximum absolute atomic E-state index is 11.9. The Labute approximate surface area is 199 Å². The topological polar surface area (TPSA) is 151 Å². The lowest BCUT2D eigenvalue weighted by molar-refractivity contribution is -0.142. The van der Waals surface area contributed by atoms with Crippen molar-refractivity contribution in [3.05, 3.63) is 0 Å². The van der Waals surface area contributed by atoms with E-state index in [1.54, 1.807) is 0 Å². The van der Waals surface area contributed by atoms with Crippen molar-refractivity contribution in [2.45, 2.75) is 109 Å². The van der Waals surface area contributed by atoms with Gasteiger partial charge in [0.05, 0.1) is 13.1 Å². The third-order valence-electron chi connectivity index (χ3n) is 5.48. The highest BCUT2D eigenvalue weighted by Crippen LogP contribution is 2.11. The summed E-state index contributed by atoms with van der Waals surface area (Å²) in [6, 6.07) is -1.01. The molecule has 0 aromatic heterocycles. The standard InChI is InChI=1S/C24H46N4O5/c1-2-3-4-5-6-7-8-9-10-11-12-16-21(29)26-18-22(30)27-19-23(31)28-20(24(32)33)15-13-14-17-25/h20H,2-19,25H2,1H3,(H,26,29)(H,27,30)(H,28,31)(H,32,33)/t20-/m0/s1. The largest absolute Gasteiger partial charge is 0.480 e. The summed E-state index contributed by atoms with van der Waals surface area (Å²) >= 11 is 0. The third kappa shape index (κ3) is 20.2. The van der Waals surface area contributed by atoms with Crippen LogP contribution in [0.3, 0.4) is 0 Å². The Morgan fingerprint density at radius 2 is 1.21 bits per heavy atom. The molecule has 6 N–H and O–H groups in total. The molecule has 0 aliphatic rings. The van der Waals surface area contributed by atoms with Crippen LogP contribution >= 0.6 is 0 Å². The first-order valence-corrected chi connectivity index (χ1v) is 12.7. The molecule has 33 heavy (non-hydrogen) atoms. The second-order valence-electron chi connectivity index (χ2n) is 8.58. The van der Waals surface area contributed by atoms with E-state index in [2.05, 4.69) is 22.9 Å². The Kier molecular flexibility index (Phi) is 20.3. The molecule has 0 aliphatic carbocycles. The summed E-state index contributed by atoms with van der Waals surface area (Å²) in [5.74, 6) is -2.39. The molecule has 0 aliphatic heterocycles. The molecule has 0 saturated carbocycles. The van der Waals surface area contributed by atoms with Crippen LogP contribution in [0.25, 0.3) is 0 Å². The molecule has 9 nitrogen and oxygen atoms in total. The molecule has 0 bridgehead atoms. The molecule has 0 saturated heterocycles. The number of carbonyl (C=O) groups excluding carboxylic acids is 3. The highest BCUT2D eigenvalue weighted by molar-refractivity contribution is 5.89. The lowest BCUT2D eigenvalue weighted by Gasteiger charge is -2.14. The van der Waals surface area contributed by atoms with Crippen LogP contribution in [-0.4, -0.2) is 54.5 Å². The molecular formula is C24H46N4O5. The van der Waals surface area contributed by atoms with Crippen molar-refractivity contribution in [2.75, 3.05) is 19.6 Å². The number of amides is 3. The van der Waals surface area contributed by atoms with Crippen LogP contribution < -0.4 is 21.7 Å². The Balaban J connectivity index is 3.73. The minimum Gasteiger partial charge on any atom is -0.480 e. The van der Waals surface area contributed by atoms with Gasteiger partial charge in [-0.3, -0.25) is 14.4 Å². The van der Waals surface area contributed by atoms with E-state index >= 15 is 0 Å². The Bertz CT molecular complexity index is 557. The van der Waals surface area contributed by atoms with Gasteiger partial charge in [-0.25, -0.2) is 4.79 Å². The fraction of sp³-hybridized carbons (Fsp3) is 0.833. The second-order valence-corrected chi connectivity index (χ2v) is 8.58. The first kappa shape index (κ1) is 30.8.